The van der Waals surface area contributed by atoms with E-state index in [4.69, 9.17) is 0 Å². The van der Waals surface area contributed by atoms with Crippen LogP contribution in [0.3, 0.4) is 0 Å². The zero-order valence-electron chi connectivity index (χ0n) is 8.30. The first-order chi connectivity index (χ1) is 5.09. The van der Waals surface area contributed by atoms with Crippen LogP contribution < -0.4 is 0 Å². The van der Waals surface area contributed by atoms with Crippen molar-refractivity contribution in [1.29, 1.82) is 0 Å². The number of unbranched alkanes of at least 4 members (excludes halogenated alkanes) is 1. The van der Waals surface area contributed by atoms with Crippen LogP contribution in [0.4, 0.5) is 0 Å². The highest BCUT2D eigenvalue weighted by Gasteiger charge is 2.15. The first-order valence-corrected chi connectivity index (χ1v) is 4.77. The molecule has 1 heteroatoms. The van der Waals surface area contributed by atoms with Gasteiger partial charge in [0.25, 0.3) is 0 Å². The molecule has 3 atom stereocenters. The average molecular weight is 158 g/mol. The lowest BCUT2D eigenvalue weighted by molar-refractivity contribution is 0.100. The molecule has 0 rings (SSSR count). The molecule has 1 N–H and O–H groups in total. The molecule has 0 fully saturated rings. The largest absolute Gasteiger partial charge is 0.393 e. The van der Waals surface area contributed by atoms with Gasteiger partial charge in [0, 0.05) is 0 Å². The molecule has 0 aliphatic rings. The molecule has 0 aliphatic heterocycles. The highest BCUT2D eigenvalue weighted by molar-refractivity contribution is 4.66. The fraction of sp³-hybridized carbons (Fsp3) is 1.00. The number of aliphatic hydroxyl groups excluding tert-OH is 1. The first-order valence-electron chi connectivity index (χ1n) is 4.77. The fourth-order valence-corrected chi connectivity index (χ4v) is 1.26. The van der Waals surface area contributed by atoms with E-state index in [0.717, 1.165) is 0 Å². The van der Waals surface area contributed by atoms with Crippen molar-refractivity contribution in [1.82, 2.24) is 0 Å². The zero-order chi connectivity index (χ0) is 8.85. The van der Waals surface area contributed by atoms with Gasteiger partial charge in [0.2, 0.25) is 0 Å². The van der Waals surface area contributed by atoms with E-state index < -0.39 is 0 Å². The molecular formula is C10H22O. The quantitative estimate of drug-likeness (QED) is 0.652. The van der Waals surface area contributed by atoms with E-state index in [1.165, 1.54) is 19.3 Å². The third kappa shape index (κ3) is 4.41. The summed E-state index contributed by atoms with van der Waals surface area (Å²) in [5.74, 6) is 1.11. The molecule has 0 heterocycles. The van der Waals surface area contributed by atoms with E-state index in [0.29, 0.717) is 11.8 Å². The molecule has 0 saturated carbocycles. The Morgan fingerprint density at radius 2 is 1.73 bits per heavy atom. The lowest BCUT2D eigenvalue weighted by Gasteiger charge is -2.21. The Bertz CT molecular complexity index is 88.9. The van der Waals surface area contributed by atoms with Crippen molar-refractivity contribution >= 4 is 0 Å². The minimum atomic E-state index is -0.151. The maximum absolute atomic E-state index is 9.29. The Labute approximate surface area is 70.8 Å². The summed E-state index contributed by atoms with van der Waals surface area (Å²) in [5, 5.41) is 9.29. The van der Waals surface area contributed by atoms with Crippen LogP contribution in [0.1, 0.15) is 47.0 Å². The van der Waals surface area contributed by atoms with Gasteiger partial charge in [-0.25, -0.2) is 0 Å². The van der Waals surface area contributed by atoms with Gasteiger partial charge in [0.1, 0.15) is 0 Å². The van der Waals surface area contributed by atoms with Crippen LogP contribution in [0.25, 0.3) is 0 Å². The van der Waals surface area contributed by atoms with Gasteiger partial charge >= 0.3 is 0 Å². The molecule has 0 aromatic carbocycles. The molecule has 0 aliphatic carbocycles. The van der Waals surface area contributed by atoms with Gasteiger partial charge in [-0.05, 0) is 18.8 Å². The molecule has 0 amide bonds. The maximum Gasteiger partial charge on any atom is 0.0540 e. The van der Waals surface area contributed by atoms with Crippen molar-refractivity contribution < 1.29 is 5.11 Å². The molecule has 0 spiro atoms. The molecule has 1 nitrogen and oxygen atoms in total. The summed E-state index contributed by atoms with van der Waals surface area (Å²) in [4.78, 5) is 0. The number of rotatable bonds is 5. The molecule has 0 aromatic rings. The van der Waals surface area contributed by atoms with Gasteiger partial charge in [0.15, 0.2) is 0 Å². The average Bonchev–Trinajstić information content (AvgIpc) is 1.98. The lowest BCUT2D eigenvalue weighted by Crippen LogP contribution is -2.20. The van der Waals surface area contributed by atoms with Crippen molar-refractivity contribution in [2.75, 3.05) is 0 Å². The molecule has 0 bridgehead atoms. The normalized spacial score (nSPS) is 19.4. The van der Waals surface area contributed by atoms with Crippen molar-refractivity contribution in [2.45, 2.75) is 53.1 Å². The molecule has 0 aromatic heterocycles. The second-order valence-electron chi connectivity index (χ2n) is 3.72. The molecule has 0 radical (unpaired) electrons. The van der Waals surface area contributed by atoms with Crippen molar-refractivity contribution in [3.63, 3.8) is 0 Å². The van der Waals surface area contributed by atoms with E-state index in [2.05, 4.69) is 20.8 Å². The van der Waals surface area contributed by atoms with Gasteiger partial charge in [-0.1, -0.05) is 40.0 Å². The molecule has 68 valence electrons. The van der Waals surface area contributed by atoms with Crippen LogP contribution in [0.5, 0.6) is 0 Å². The number of hydrogen-bond acceptors (Lipinski definition) is 1. The van der Waals surface area contributed by atoms with E-state index in [-0.39, 0.29) is 6.10 Å². The maximum atomic E-state index is 9.29. The Hall–Kier alpha value is -0.0400. The third-order valence-electron chi connectivity index (χ3n) is 2.67. The lowest BCUT2D eigenvalue weighted by atomic mass is 9.88. The van der Waals surface area contributed by atoms with Crippen LogP contribution >= 0.6 is 0 Å². The topological polar surface area (TPSA) is 20.2 Å². The van der Waals surface area contributed by atoms with Gasteiger partial charge in [-0.2, -0.15) is 0 Å². The van der Waals surface area contributed by atoms with Crippen molar-refractivity contribution in [3.05, 3.63) is 0 Å². The predicted octanol–water partition coefficient (Wildman–Crippen LogP) is 2.83. The highest BCUT2D eigenvalue weighted by atomic mass is 16.3. The van der Waals surface area contributed by atoms with Crippen LogP contribution in [0, 0.1) is 11.8 Å². The predicted molar refractivity (Wildman–Crippen MR) is 49.5 cm³/mol. The second kappa shape index (κ2) is 5.59. The summed E-state index contributed by atoms with van der Waals surface area (Å²) in [6.45, 7) is 8.45. The Morgan fingerprint density at radius 3 is 2.09 bits per heavy atom. The number of aliphatic hydroxyl groups is 1. The molecule has 3 unspecified atom stereocenters. The zero-order valence-corrected chi connectivity index (χ0v) is 8.30. The minimum Gasteiger partial charge on any atom is -0.393 e. The molecule has 11 heavy (non-hydrogen) atoms. The van der Waals surface area contributed by atoms with Crippen molar-refractivity contribution in [3.8, 4) is 0 Å². The summed E-state index contributed by atoms with van der Waals surface area (Å²) >= 11 is 0. The summed E-state index contributed by atoms with van der Waals surface area (Å²) in [7, 11) is 0. The highest BCUT2D eigenvalue weighted by Crippen LogP contribution is 2.20. The smallest absolute Gasteiger partial charge is 0.0540 e. The van der Waals surface area contributed by atoms with E-state index in [9.17, 15) is 5.11 Å². The molecular weight excluding hydrogens is 136 g/mol. The van der Waals surface area contributed by atoms with E-state index >= 15 is 0 Å². The van der Waals surface area contributed by atoms with Crippen LogP contribution in [0.15, 0.2) is 0 Å². The second-order valence-corrected chi connectivity index (χ2v) is 3.72. The molecule has 0 saturated heterocycles. The van der Waals surface area contributed by atoms with Gasteiger partial charge in [-0.15, -0.1) is 0 Å². The summed E-state index contributed by atoms with van der Waals surface area (Å²) in [5.41, 5.74) is 0. The Morgan fingerprint density at radius 1 is 1.18 bits per heavy atom. The summed E-state index contributed by atoms with van der Waals surface area (Å²) < 4.78 is 0. The van der Waals surface area contributed by atoms with Crippen LogP contribution in [-0.2, 0) is 0 Å². The summed E-state index contributed by atoms with van der Waals surface area (Å²) in [6.07, 6.45) is 3.65. The van der Waals surface area contributed by atoms with E-state index in [1.54, 1.807) is 0 Å². The first kappa shape index (κ1) is 11.0. The monoisotopic (exact) mass is 158 g/mol. The number of hydrogen-bond donors (Lipinski definition) is 1. The Balaban J connectivity index is 3.55. The standard InChI is InChI=1S/C10H22O/c1-5-6-7-8(2)9(3)10(4)11/h8-11H,5-7H2,1-4H3. The van der Waals surface area contributed by atoms with Gasteiger partial charge < -0.3 is 5.11 Å². The van der Waals surface area contributed by atoms with E-state index in [1.807, 2.05) is 6.92 Å². The van der Waals surface area contributed by atoms with Gasteiger partial charge in [0.05, 0.1) is 6.10 Å². The third-order valence-corrected chi connectivity index (χ3v) is 2.67. The summed E-state index contributed by atoms with van der Waals surface area (Å²) in [6, 6.07) is 0. The van der Waals surface area contributed by atoms with Crippen LogP contribution in [-0.4, -0.2) is 11.2 Å². The van der Waals surface area contributed by atoms with Crippen LogP contribution in [0.2, 0.25) is 0 Å². The SMILES string of the molecule is CCCCC(C)C(C)C(C)O. The fourth-order valence-electron chi connectivity index (χ4n) is 1.26. The van der Waals surface area contributed by atoms with Gasteiger partial charge in [-0.3, -0.25) is 0 Å². The Kier molecular flexibility index (Phi) is 5.57. The minimum absolute atomic E-state index is 0.151. The van der Waals surface area contributed by atoms with Crippen molar-refractivity contribution in [2.24, 2.45) is 11.8 Å².